The van der Waals surface area contributed by atoms with Crippen LogP contribution in [-0.2, 0) is 14.8 Å². The minimum absolute atomic E-state index is 0.0298. The van der Waals surface area contributed by atoms with Crippen molar-refractivity contribution in [2.24, 2.45) is 5.92 Å². The third-order valence-corrected chi connectivity index (χ3v) is 7.48. The van der Waals surface area contributed by atoms with Gasteiger partial charge in [-0.15, -0.1) is 0 Å². The standard InChI is InChI=1S/C21H33BrN4O4S/c1-6-15(4)19(24-31(29,30)18-9-7-17(22)8-10-18)20(27)25-11-12-26(16(5)13-25)21(28)23-14(2)3/h7-10,14-16,19,24H,6,11-13H2,1-5H3,(H,23,28). The Bertz CT molecular complexity index is 876. The zero-order chi connectivity index (χ0) is 23.3. The first-order chi connectivity index (χ1) is 14.5. The quantitative estimate of drug-likeness (QED) is 0.581. The molecular weight excluding hydrogens is 484 g/mol. The normalized spacial score (nSPS) is 19.3. The Hall–Kier alpha value is -1.65. The highest BCUT2D eigenvalue weighted by atomic mass is 79.9. The molecule has 31 heavy (non-hydrogen) atoms. The van der Waals surface area contributed by atoms with Crippen LogP contribution in [0.15, 0.2) is 33.6 Å². The molecule has 0 aliphatic carbocycles. The van der Waals surface area contributed by atoms with Crippen molar-refractivity contribution in [1.29, 1.82) is 0 Å². The zero-order valence-electron chi connectivity index (χ0n) is 18.8. The number of piperazine rings is 1. The van der Waals surface area contributed by atoms with E-state index >= 15 is 0 Å². The van der Waals surface area contributed by atoms with E-state index in [0.29, 0.717) is 26.1 Å². The number of rotatable bonds is 7. The molecule has 0 aromatic heterocycles. The van der Waals surface area contributed by atoms with Crippen molar-refractivity contribution in [2.45, 2.75) is 64.1 Å². The van der Waals surface area contributed by atoms with Crippen LogP contribution in [0.5, 0.6) is 0 Å². The highest BCUT2D eigenvalue weighted by Crippen LogP contribution is 2.20. The van der Waals surface area contributed by atoms with Crippen LogP contribution in [0.3, 0.4) is 0 Å². The third kappa shape index (κ3) is 6.66. The van der Waals surface area contributed by atoms with E-state index in [1.54, 1.807) is 21.9 Å². The molecule has 3 amide bonds. The number of amides is 3. The molecule has 3 atom stereocenters. The second-order valence-electron chi connectivity index (χ2n) is 8.37. The van der Waals surface area contributed by atoms with Crippen LogP contribution >= 0.6 is 15.9 Å². The second kappa shape index (κ2) is 10.8. The van der Waals surface area contributed by atoms with Crippen molar-refractivity contribution in [3.8, 4) is 0 Å². The number of urea groups is 1. The fourth-order valence-corrected chi connectivity index (χ4v) is 5.04. The van der Waals surface area contributed by atoms with Gasteiger partial charge in [-0.1, -0.05) is 36.2 Å². The zero-order valence-corrected chi connectivity index (χ0v) is 21.2. The summed E-state index contributed by atoms with van der Waals surface area (Å²) >= 11 is 3.30. The van der Waals surface area contributed by atoms with Crippen LogP contribution in [0.25, 0.3) is 0 Å². The number of hydrogen-bond donors (Lipinski definition) is 2. The molecule has 1 aliphatic heterocycles. The van der Waals surface area contributed by atoms with Crippen molar-refractivity contribution in [1.82, 2.24) is 19.8 Å². The predicted molar refractivity (Wildman–Crippen MR) is 124 cm³/mol. The SMILES string of the molecule is CCC(C)C(NS(=O)(=O)c1ccc(Br)cc1)C(=O)N1CCN(C(=O)NC(C)C)C(C)C1. The van der Waals surface area contributed by atoms with Crippen molar-refractivity contribution < 1.29 is 18.0 Å². The smallest absolute Gasteiger partial charge is 0.317 e. The van der Waals surface area contributed by atoms with E-state index in [-0.39, 0.29) is 34.8 Å². The summed E-state index contributed by atoms with van der Waals surface area (Å²) in [5.74, 6) is -0.443. The molecule has 10 heteroatoms. The lowest BCUT2D eigenvalue weighted by atomic mass is 9.98. The molecule has 1 saturated heterocycles. The van der Waals surface area contributed by atoms with Gasteiger partial charge in [0.15, 0.2) is 0 Å². The largest absolute Gasteiger partial charge is 0.337 e. The maximum Gasteiger partial charge on any atom is 0.317 e. The van der Waals surface area contributed by atoms with Gasteiger partial charge in [0.1, 0.15) is 6.04 Å². The lowest BCUT2D eigenvalue weighted by Crippen LogP contribution is -2.61. The molecular formula is C21H33BrN4O4S. The Morgan fingerprint density at radius 3 is 2.29 bits per heavy atom. The van der Waals surface area contributed by atoms with Crippen LogP contribution in [0.2, 0.25) is 0 Å². The Morgan fingerprint density at radius 1 is 1.16 bits per heavy atom. The monoisotopic (exact) mass is 516 g/mol. The van der Waals surface area contributed by atoms with E-state index in [1.807, 2.05) is 34.6 Å². The van der Waals surface area contributed by atoms with Gasteiger partial charge in [0.25, 0.3) is 0 Å². The predicted octanol–water partition coefficient (Wildman–Crippen LogP) is 2.79. The summed E-state index contributed by atoms with van der Waals surface area (Å²) in [6, 6.07) is 5.14. The molecule has 1 aromatic carbocycles. The lowest BCUT2D eigenvalue weighted by Gasteiger charge is -2.41. The molecule has 0 radical (unpaired) electrons. The molecule has 1 aromatic rings. The first-order valence-electron chi connectivity index (χ1n) is 10.6. The highest BCUT2D eigenvalue weighted by Gasteiger charge is 2.36. The second-order valence-corrected chi connectivity index (χ2v) is 11.0. The molecule has 0 saturated carbocycles. The first-order valence-corrected chi connectivity index (χ1v) is 12.9. The van der Waals surface area contributed by atoms with Crippen LogP contribution in [0.1, 0.15) is 41.0 Å². The van der Waals surface area contributed by atoms with Gasteiger partial charge < -0.3 is 15.1 Å². The molecule has 8 nitrogen and oxygen atoms in total. The number of halogens is 1. The maximum atomic E-state index is 13.3. The Kier molecular flexibility index (Phi) is 8.91. The van der Waals surface area contributed by atoms with Crippen molar-refractivity contribution in [3.05, 3.63) is 28.7 Å². The molecule has 174 valence electrons. The first kappa shape index (κ1) is 25.6. The van der Waals surface area contributed by atoms with E-state index in [2.05, 4.69) is 26.0 Å². The van der Waals surface area contributed by atoms with E-state index in [1.165, 1.54) is 12.1 Å². The summed E-state index contributed by atoms with van der Waals surface area (Å²) in [5.41, 5.74) is 0. The van der Waals surface area contributed by atoms with Crippen molar-refractivity contribution >= 4 is 37.9 Å². The molecule has 3 unspecified atom stereocenters. The van der Waals surface area contributed by atoms with Crippen molar-refractivity contribution in [2.75, 3.05) is 19.6 Å². The maximum absolute atomic E-state index is 13.3. The fourth-order valence-electron chi connectivity index (χ4n) is 3.48. The van der Waals surface area contributed by atoms with Crippen LogP contribution in [-0.4, -0.2) is 67.9 Å². The number of hydrogen-bond acceptors (Lipinski definition) is 4. The Morgan fingerprint density at radius 2 is 1.77 bits per heavy atom. The molecule has 0 spiro atoms. The number of carbonyl (C=O) groups excluding carboxylic acids is 2. The summed E-state index contributed by atoms with van der Waals surface area (Å²) in [5, 5.41) is 2.88. The minimum Gasteiger partial charge on any atom is -0.337 e. The molecule has 1 fully saturated rings. The summed E-state index contributed by atoms with van der Waals surface area (Å²) in [7, 11) is -3.86. The van der Waals surface area contributed by atoms with E-state index in [9.17, 15) is 18.0 Å². The molecule has 1 aliphatic rings. The van der Waals surface area contributed by atoms with Gasteiger partial charge in [-0.25, -0.2) is 13.2 Å². The van der Waals surface area contributed by atoms with E-state index in [0.717, 1.165) is 4.47 Å². The topological polar surface area (TPSA) is 98.8 Å². The summed E-state index contributed by atoms with van der Waals surface area (Å²) in [6.07, 6.45) is 0.644. The van der Waals surface area contributed by atoms with Crippen molar-refractivity contribution in [3.63, 3.8) is 0 Å². The van der Waals surface area contributed by atoms with Crippen LogP contribution in [0.4, 0.5) is 4.79 Å². The average Bonchev–Trinajstić information content (AvgIpc) is 2.70. The Balaban J connectivity index is 2.15. The lowest BCUT2D eigenvalue weighted by molar-refractivity contribution is -0.136. The van der Waals surface area contributed by atoms with Gasteiger partial charge >= 0.3 is 6.03 Å². The fraction of sp³-hybridized carbons (Fsp3) is 0.619. The van der Waals surface area contributed by atoms with Gasteiger partial charge in [-0.2, -0.15) is 4.72 Å². The van der Waals surface area contributed by atoms with Gasteiger partial charge in [0.05, 0.1) is 4.90 Å². The van der Waals surface area contributed by atoms with Gasteiger partial charge in [-0.3, -0.25) is 4.79 Å². The van der Waals surface area contributed by atoms with Gasteiger partial charge in [0, 0.05) is 36.2 Å². The van der Waals surface area contributed by atoms with Gasteiger partial charge in [0.2, 0.25) is 15.9 Å². The number of nitrogens with one attached hydrogen (secondary N) is 2. The molecule has 0 bridgehead atoms. The summed E-state index contributed by atoms with van der Waals surface area (Å²) < 4.78 is 29.2. The summed E-state index contributed by atoms with van der Waals surface area (Å²) in [4.78, 5) is 29.2. The minimum atomic E-state index is -3.86. The Labute approximate surface area is 193 Å². The molecule has 2 N–H and O–H groups in total. The number of nitrogens with zero attached hydrogens (tertiary/aromatic N) is 2. The number of sulfonamides is 1. The molecule has 1 heterocycles. The van der Waals surface area contributed by atoms with E-state index < -0.39 is 16.1 Å². The van der Waals surface area contributed by atoms with Crippen LogP contribution < -0.4 is 10.0 Å². The van der Waals surface area contributed by atoms with Crippen LogP contribution in [0, 0.1) is 5.92 Å². The number of carbonyl (C=O) groups is 2. The average molecular weight is 517 g/mol. The number of benzene rings is 1. The highest BCUT2D eigenvalue weighted by molar-refractivity contribution is 9.10. The van der Waals surface area contributed by atoms with Gasteiger partial charge in [-0.05, 0) is 51.0 Å². The third-order valence-electron chi connectivity index (χ3n) is 5.50. The van der Waals surface area contributed by atoms with E-state index in [4.69, 9.17) is 0 Å². The summed E-state index contributed by atoms with van der Waals surface area (Å²) in [6.45, 7) is 10.6. The molecule has 2 rings (SSSR count).